The molecule has 2 amide bonds. The first-order valence-corrected chi connectivity index (χ1v) is 2.37. The molecule has 0 radical (unpaired) electrons. The second-order valence-electron chi connectivity index (χ2n) is 1.68. The fraction of sp³-hybridized carbons (Fsp3) is 0.500. The molecule has 1 atom stereocenters. The summed E-state index contributed by atoms with van der Waals surface area (Å²) in [5.41, 5.74) is 14.5. The average molecular weight is 155 g/mol. The molecule has 0 aliphatic rings. The van der Waals surface area contributed by atoms with E-state index in [9.17, 15) is 9.59 Å². The van der Waals surface area contributed by atoms with Crippen LogP contribution < -0.4 is 46.8 Å². The van der Waals surface area contributed by atoms with Gasteiger partial charge in [0.2, 0.25) is 11.8 Å². The quantitative estimate of drug-likeness (QED) is 0.354. The van der Waals surface area contributed by atoms with Gasteiger partial charge in [-0.25, -0.2) is 0 Å². The topological polar surface area (TPSA) is 112 Å². The number of carbonyl (C=O) groups excluding carboxylic acids is 2. The van der Waals surface area contributed by atoms with Crippen molar-refractivity contribution in [2.24, 2.45) is 17.2 Å². The maximum Gasteiger partial charge on any atom is 1.00 e. The van der Waals surface area contributed by atoms with Gasteiger partial charge in [-0.15, -0.1) is 0 Å². The van der Waals surface area contributed by atoms with Gasteiger partial charge in [0.05, 0.1) is 12.5 Å². The van der Waals surface area contributed by atoms with Crippen molar-refractivity contribution < 1.29 is 40.6 Å². The molecule has 0 bridgehead atoms. The maximum absolute atomic E-state index is 10.1. The zero-order chi connectivity index (χ0) is 7.44. The van der Waals surface area contributed by atoms with E-state index in [0.717, 1.165) is 0 Å². The van der Waals surface area contributed by atoms with Crippen LogP contribution in [0.3, 0.4) is 0 Å². The molecule has 0 aromatic heterocycles. The van der Waals surface area contributed by atoms with E-state index in [1.165, 1.54) is 0 Å². The van der Waals surface area contributed by atoms with E-state index in [1.807, 2.05) is 0 Å². The van der Waals surface area contributed by atoms with Gasteiger partial charge in [-0.2, -0.15) is 0 Å². The van der Waals surface area contributed by atoms with Crippen molar-refractivity contribution in [2.45, 2.75) is 12.5 Å². The van der Waals surface area contributed by atoms with Crippen LogP contribution >= 0.6 is 0 Å². The normalized spacial score (nSPS) is 11.3. The molecule has 0 aromatic carbocycles. The molecular weight excluding hydrogens is 145 g/mol. The predicted molar refractivity (Wildman–Crippen MR) is 32.1 cm³/mol. The Hall–Kier alpha value is -0.100. The van der Waals surface area contributed by atoms with Crippen LogP contribution in [0, 0.1) is 0 Å². The van der Waals surface area contributed by atoms with E-state index in [1.54, 1.807) is 0 Å². The Kier molecular flexibility index (Phi) is 7.12. The first-order chi connectivity index (χ1) is 4.04. The van der Waals surface area contributed by atoms with Crippen molar-refractivity contribution in [3.8, 4) is 0 Å². The van der Waals surface area contributed by atoms with Crippen LogP contribution in [-0.2, 0) is 9.59 Å². The molecule has 0 saturated heterocycles. The minimum Gasteiger partial charge on any atom is -1.00 e. The molecule has 0 heterocycles. The van der Waals surface area contributed by atoms with Crippen molar-refractivity contribution in [1.29, 1.82) is 0 Å². The number of primary amides is 2. The molecule has 0 aromatic rings. The van der Waals surface area contributed by atoms with E-state index in [-0.39, 0.29) is 37.4 Å². The summed E-state index contributed by atoms with van der Waals surface area (Å²) in [6, 6.07) is -0.942. The van der Waals surface area contributed by atoms with Crippen LogP contribution in [0.15, 0.2) is 0 Å². The summed E-state index contributed by atoms with van der Waals surface area (Å²) in [5, 5.41) is 0. The minimum absolute atomic E-state index is 0. The van der Waals surface area contributed by atoms with Crippen molar-refractivity contribution in [1.82, 2.24) is 0 Å². The number of carbonyl (C=O) groups is 2. The van der Waals surface area contributed by atoms with Crippen LogP contribution in [0.5, 0.6) is 0 Å². The summed E-state index contributed by atoms with van der Waals surface area (Å²) in [5.74, 6) is -1.34. The summed E-state index contributed by atoms with van der Waals surface area (Å²) in [6.45, 7) is 0. The molecule has 10 heavy (non-hydrogen) atoms. The summed E-state index contributed by atoms with van der Waals surface area (Å²) in [6.07, 6.45) is -0.185. The molecule has 0 saturated carbocycles. The molecule has 54 valence electrons. The second kappa shape index (κ2) is 5.67. The molecule has 0 rings (SSSR count). The van der Waals surface area contributed by atoms with Gasteiger partial charge in [-0.3, -0.25) is 9.59 Å². The predicted octanol–water partition coefficient (Wildman–Crippen LogP) is -5.21. The van der Waals surface area contributed by atoms with E-state index >= 15 is 0 Å². The van der Waals surface area contributed by atoms with Crippen LogP contribution in [0.2, 0.25) is 0 Å². The fourth-order valence-electron chi connectivity index (χ4n) is 0.317. The van der Waals surface area contributed by atoms with E-state index in [0.29, 0.717) is 0 Å². The summed E-state index contributed by atoms with van der Waals surface area (Å²) < 4.78 is 0. The Labute approximate surface area is 82.1 Å². The first-order valence-electron chi connectivity index (χ1n) is 2.37. The van der Waals surface area contributed by atoms with Crippen molar-refractivity contribution >= 4 is 11.8 Å². The number of hydrogen-bond donors (Lipinski definition) is 3. The van der Waals surface area contributed by atoms with Crippen molar-refractivity contribution in [2.75, 3.05) is 0 Å². The van der Waals surface area contributed by atoms with Gasteiger partial charge in [-0.05, 0) is 0 Å². The van der Waals surface area contributed by atoms with Gasteiger partial charge in [0.25, 0.3) is 0 Å². The van der Waals surface area contributed by atoms with Gasteiger partial charge in [0, 0.05) is 0 Å². The molecule has 6 N–H and O–H groups in total. The summed E-state index contributed by atoms with van der Waals surface area (Å²) in [4.78, 5) is 20.2. The van der Waals surface area contributed by atoms with Gasteiger partial charge in [-0.1, -0.05) is 0 Å². The third-order valence-corrected chi connectivity index (χ3v) is 0.787. The number of rotatable bonds is 3. The minimum atomic E-state index is -0.942. The Bertz CT molecular complexity index is 143. The fourth-order valence-corrected chi connectivity index (χ4v) is 0.317. The van der Waals surface area contributed by atoms with Crippen LogP contribution in [0.4, 0.5) is 0 Å². The molecule has 0 aliphatic carbocycles. The second-order valence-corrected chi connectivity index (χ2v) is 1.68. The molecule has 0 spiro atoms. The Morgan fingerprint density at radius 2 is 1.80 bits per heavy atom. The molecule has 6 heteroatoms. The first kappa shape index (κ1) is 12.6. The van der Waals surface area contributed by atoms with Gasteiger partial charge in [0.15, 0.2) is 0 Å². The molecule has 0 fully saturated rings. The van der Waals surface area contributed by atoms with Crippen LogP contribution in [0.1, 0.15) is 7.85 Å². The summed E-state index contributed by atoms with van der Waals surface area (Å²) in [7, 11) is 0. The standard InChI is InChI=1S/C4H9N3O2.Na.H/c5-2(4(7)9)1-3(6)8;;/h2H,1,5H2,(H2,6,8)(H2,7,9);;/q;+1;-1/t2-;;/m0../s1. The van der Waals surface area contributed by atoms with Crippen LogP contribution in [0.25, 0.3) is 0 Å². The van der Waals surface area contributed by atoms with Crippen LogP contribution in [-0.4, -0.2) is 17.9 Å². The van der Waals surface area contributed by atoms with Gasteiger partial charge < -0.3 is 18.6 Å². The monoisotopic (exact) mass is 155 g/mol. The third kappa shape index (κ3) is 6.03. The van der Waals surface area contributed by atoms with Crippen molar-refractivity contribution in [3.63, 3.8) is 0 Å². The zero-order valence-corrected chi connectivity index (χ0v) is 7.83. The van der Waals surface area contributed by atoms with Gasteiger partial charge in [0.1, 0.15) is 0 Å². The molecule has 5 nitrogen and oxygen atoms in total. The average Bonchev–Trinajstić information content (AvgIpc) is 1.63. The van der Waals surface area contributed by atoms with Crippen molar-refractivity contribution in [3.05, 3.63) is 0 Å². The Morgan fingerprint density at radius 3 is 1.90 bits per heavy atom. The number of nitrogens with two attached hydrogens (primary N) is 3. The third-order valence-electron chi connectivity index (χ3n) is 0.787. The molecule has 0 aliphatic heterocycles. The van der Waals surface area contributed by atoms with E-state index in [4.69, 9.17) is 17.2 Å². The van der Waals surface area contributed by atoms with Gasteiger partial charge >= 0.3 is 29.6 Å². The number of amides is 2. The smallest absolute Gasteiger partial charge is 1.00 e. The molecular formula is C4H10N3NaO2. The molecule has 0 unspecified atom stereocenters. The summed E-state index contributed by atoms with van der Waals surface area (Å²) >= 11 is 0. The maximum atomic E-state index is 10.1. The number of hydrogen-bond acceptors (Lipinski definition) is 3. The van der Waals surface area contributed by atoms with E-state index in [2.05, 4.69) is 0 Å². The zero-order valence-electron chi connectivity index (χ0n) is 6.83. The largest absolute Gasteiger partial charge is 1.00 e. The SMILES string of the molecule is NC(=O)C[C@H](N)C(N)=O.[H-].[Na+]. The van der Waals surface area contributed by atoms with E-state index < -0.39 is 17.9 Å². The Balaban J connectivity index is -0.000000320. The Morgan fingerprint density at radius 1 is 1.40 bits per heavy atom.